The molecule has 3 rings (SSSR count). The van der Waals surface area contributed by atoms with Crippen LogP contribution in [0, 0.1) is 6.92 Å². The summed E-state index contributed by atoms with van der Waals surface area (Å²) in [6.45, 7) is 6.56. The molecular weight excluding hydrogens is 400 g/mol. The van der Waals surface area contributed by atoms with E-state index in [1.165, 1.54) is 4.68 Å². The highest BCUT2D eigenvalue weighted by molar-refractivity contribution is 5.80. The van der Waals surface area contributed by atoms with Crippen molar-refractivity contribution in [1.29, 1.82) is 0 Å². The molecule has 0 saturated heterocycles. The van der Waals surface area contributed by atoms with Gasteiger partial charge in [0.2, 0.25) is 0 Å². The van der Waals surface area contributed by atoms with Gasteiger partial charge in [-0.25, -0.2) is 9.48 Å². The zero-order chi connectivity index (χ0) is 22.4. The Morgan fingerprint density at radius 3 is 2.65 bits per heavy atom. The van der Waals surface area contributed by atoms with Gasteiger partial charge in [-0.2, -0.15) is 10.2 Å². The minimum atomic E-state index is -0.378. The average molecular weight is 428 g/mol. The number of methoxy groups -OCH3 is 1. The van der Waals surface area contributed by atoms with Gasteiger partial charge < -0.3 is 14.2 Å². The van der Waals surface area contributed by atoms with Gasteiger partial charge in [-0.3, -0.25) is 9.48 Å². The third-order valence-electron chi connectivity index (χ3n) is 5.00. The van der Waals surface area contributed by atoms with E-state index in [0.29, 0.717) is 42.8 Å². The van der Waals surface area contributed by atoms with Gasteiger partial charge in [-0.15, -0.1) is 0 Å². The minimum Gasteiger partial charge on any atom is -0.497 e. The zero-order valence-electron chi connectivity index (χ0n) is 18.3. The van der Waals surface area contributed by atoms with Crippen molar-refractivity contribution >= 4 is 16.9 Å². The van der Waals surface area contributed by atoms with Crippen LogP contribution in [-0.4, -0.2) is 52.5 Å². The molecule has 9 nitrogen and oxygen atoms in total. The van der Waals surface area contributed by atoms with Gasteiger partial charge in [0.15, 0.2) is 0 Å². The quantitative estimate of drug-likeness (QED) is 0.361. The van der Waals surface area contributed by atoms with Crippen LogP contribution in [0.25, 0.3) is 10.9 Å². The van der Waals surface area contributed by atoms with Crippen LogP contribution in [0.5, 0.6) is 5.75 Å². The van der Waals surface area contributed by atoms with Crippen LogP contribution < -0.4 is 10.3 Å². The smallest absolute Gasteiger partial charge is 0.332 e. The number of carbonyl (C=O) groups is 1. The first-order chi connectivity index (χ1) is 14.9. The van der Waals surface area contributed by atoms with E-state index in [0.717, 1.165) is 11.3 Å². The summed E-state index contributed by atoms with van der Waals surface area (Å²) in [6.07, 6.45) is 2.31. The molecule has 31 heavy (non-hydrogen) atoms. The summed E-state index contributed by atoms with van der Waals surface area (Å²) >= 11 is 0. The molecule has 0 aliphatic heterocycles. The second kappa shape index (κ2) is 10.2. The van der Waals surface area contributed by atoms with Crippen molar-refractivity contribution in [3.63, 3.8) is 0 Å². The Kier molecular flexibility index (Phi) is 7.41. The van der Waals surface area contributed by atoms with Crippen molar-refractivity contribution in [2.45, 2.75) is 39.8 Å². The number of aryl methyl sites for hydroxylation is 1. The van der Waals surface area contributed by atoms with E-state index in [-0.39, 0.29) is 24.2 Å². The molecule has 1 atom stereocenters. The van der Waals surface area contributed by atoms with Gasteiger partial charge in [0, 0.05) is 6.61 Å². The molecule has 3 aromatic rings. The highest BCUT2D eigenvalue weighted by atomic mass is 16.6. The molecule has 0 fully saturated rings. The number of ether oxygens (including phenoxy) is 3. The summed E-state index contributed by atoms with van der Waals surface area (Å²) in [5, 5.41) is 9.48. The van der Waals surface area contributed by atoms with Crippen molar-refractivity contribution in [3.8, 4) is 5.75 Å². The second-order valence-corrected chi connectivity index (χ2v) is 7.24. The maximum atomic E-state index is 13.1. The molecule has 1 aromatic carbocycles. The maximum Gasteiger partial charge on any atom is 0.332 e. The Bertz CT molecular complexity index is 1090. The predicted molar refractivity (Wildman–Crippen MR) is 115 cm³/mol. The van der Waals surface area contributed by atoms with E-state index in [1.54, 1.807) is 24.9 Å². The van der Waals surface area contributed by atoms with Gasteiger partial charge in [-0.05, 0) is 44.9 Å². The lowest BCUT2D eigenvalue weighted by molar-refractivity contribution is -0.148. The molecule has 0 bridgehead atoms. The first-order valence-electron chi connectivity index (χ1n) is 10.3. The summed E-state index contributed by atoms with van der Waals surface area (Å²) in [4.78, 5) is 24.4. The van der Waals surface area contributed by atoms with Crippen LogP contribution in [0.2, 0.25) is 0 Å². The summed E-state index contributed by atoms with van der Waals surface area (Å²) in [5.41, 5.74) is 2.12. The molecule has 0 N–H and O–H groups in total. The molecule has 0 aliphatic carbocycles. The predicted octanol–water partition coefficient (Wildman–Crippen LogP) is 2.49. The van der Waals surface area contributed by atoms with Crippen molar-refractivity contribution in [3.05, 3.63) is 52.1 Å². The fourth-order valence-corrected chi connectivity index (χ4v) is 3.35. The molecule has 0 aliphatic rings. The van der Waals surface area contributed by atoms with Crippen LogP contribution in [0.3, 0.4) is 0 Å². The van der Waals surface area contributed by atoms with Crippen LogP contribution in [-0.2, 0) is 20.8 Å². The lowest BCUT2D eigenvalue weighted by Crippen LogP contribution is -2.23. The van der Waals surface area contributed by atoms with Crippen LogP contribution in [0.1, 0.15) is 37.6 Å². The van der Waals surface area contributed by atoms with E-state index >= 15 is 0 Å². The monoisotopic (exact) mass is 428 g/mol. The standard InChI is InChI=1S/C22H28N4O5/c1-5-31-20(27)14-30-11-10-15(2)26-19-12-23-25(22(28)21(19)16(3)24-26)13-17-6-8-18(29-4)9-7-17/h6-9,12,15H,5,10-11,13-14H2,1-4H3. The van der Waals surface area contributed by atoms with Gasteiger partial charge in [0.1, 0.15) is 12.4 Å². The number of hydrogen-bond donors (Lipinski definition) is 0. The molecular formula is C22H28N4O5. The molecule has 2 aromatic heterocycles. The van der Waals surface area contributed by atoms with Crippen molar-refractivity contribution in [2.75, 3.05) is 26.9 Å². The number of nitrogens with zero attached hydrogens (tertiary/aromatic N) is 4. The van der Waals surface area contributed by atoms with E-state index in [9.17, 15) is 9.59 Å². The van der Waals surface area contributed by atoms with Crippen LogP contribution in [0.4, 0.5) is 0 Å². The molecule has 0 amide bonds. The number of aromatic nitrogens is 4. The molecule has 0 spiro atoms. The summed E-state index contributed by atoms with van der Waals surface area (Å²) in [5.74, 6) is 0.383. The third-order valence-corrected chi connectivity index (χ3v) is 5.00. The van der Waals surface area contributed by atoms with E-state index in [4.69, 9.17) is 14.2 Å². The first kappa shape index (κ1) is 22.5. The van der Waals surface area contributed by atoms with Crippen molar-refractivity contribution in [2.24, 2.45) is 0 Å². The van der Waals surface area contributed by atoms with E-state index in [2.05, 4.69) is 10.2 Å². The van der Waals surface area contributed by atoms with E-state index in [1.807, 2.05) is 38.1 Å². The fourth-order valence-electron chi connectivity index (χ4n) is 3.35. The molecule has 166 valence electrons. The van der Waals surface area contributed by atoms with Crippen LogP contribution in [0.15, 0.2) is 35.3 Å². The van der Waals surface area contributed by atoms with Crippen LogP contribution >= 0.6 is 0 Å². The van der Waals surface area contributed by atoms with E-state index < -0.39 is 0 Å². The number of hydrogen-bond acceptors (Lipinski definition) is 7. The zero-order valence-corrected chi connectivity index (χ0v) is 18.3. The lowest BCUT2D eigenvalue weighted by Gasteiger charge is -2.13. The third kappa shape index (κ3) is 5.29. The van der Waals surface area contributed by atoms with Gasteiger partial charge in [-0.1, -0.05) is 12.1 Å². The topological polar surface area (TPSA) is 97.5 Å². The number of rotatable bonds is 10. The van der Waals surface area contributed by atoms with Gasteiger partial charge >= 0.3 is 5.97 Å². The van der Waals surface area contributed by atoms with Crippen molar-refractivity contribution in [1.82, 2.24) is 19.6 Å². The van der Waals surface area contributed by atoms with Gasteiger partial charge in [0.25, 0.3) is 5.56 Å². The van der Waals surface area contributed by atoms with Crippen molar-refractivity contribution < 1.29 is 19.0 Å². The summed E-state index contributed by atoms with van der Waals surface area (Å²) in [6, 6.07) is 7.50. The van der Waals surface area contributed by atoms with Gasteiger partial charge in [0.05, 0.1) is 49.1 Å². The lowest BCUT2D eigenvalue weighted by atomic mass is 10.2. The second-order valence-electron chi connectivity index (χ2n) is 7.24. The molecule has 0 saturated carbocycles. The maximum absolute atomic E-state index is 13.1. The Labute approximate surface area is 180 Å². The first-order valence-corrected chi connectivity index (χ1v) is 10.3. The summed E-state index contributed by atoms with van der Waals surface area (Å²) in [7, 11) is 1.61. The normalized spacial score (nSPS) is 12.1. The number of esters is 1. The number of fused-ring (bicyclic) bond motifs is 1. The fraction of sp³-hybridized carbons (Fsp3) is 0.455. The molecule has 0 radical (unpaired) electrons. The largest absolute Gasteiger partial charge is 0.497 e. The SMILES string of the molecule is CCOC(=O)COCCC(C)n1nc(C)c2c(=O)n(Cc3ccc(OC)cc3)ncc21. The molecule has 1 unspecified atom stereocenters. The highest BCUT2D eigenvalue weighted by Gasteiger charge is 2.17. The number of carbonyl (C=O) groups excluding carboxylic acids is 1. The Morgan fingerprint density at radius 1 is 1.23 bits per heavy atom. The molecule has 9 heteroatoms. The molecule has 2 heterocycles. The Hall–Kier alpha value is -3.20. The Balaban J connectivity index is 1.73. The highest BCUT2D eigenvalue weighted by Crippen LogP contribution is 2.20. The average Bonchev–Trinajstić information content (AvgIpc) is 3.11. The number of benzene rings is 1. The Morgan fingerprint density at radius 2 is 1.97 bits per heavy atom. The summed E-state index contributed by atoms with van der Waals surface area (Å²) < 4.78 is 18.6. The minimum absolute atomic E-state index is 0.0305.